The van der Waals surface area contributed by atoms with Gasteiger partial charge in [-0.3, -0.25) is 0 Å². The second kappa shape index (κ2) is 5.54. The fourth-order valence-corrected chi connectivity index (χ4v) is 3.89. The van der Waals surface area contributed by atoms with Gasteiger partial charge in [0.25, 0.3) is 0 Å². The van der Waals surface area contributed by atoms with E-state index in [9.17, 15) is 0 Å². The zero-order valence-corrected chi connectivity index (χ0v) is 11.7. The molecule has 0 saturated carbocycles. The molecule has 0 fully saturated rings. The molecule has 0 amide bonds. The van der Waals surface area contributed by atoms with Gasteiger partial charge in [0.1, 0.15) is 0 Å². The Labute approximate surface area is 112 Å². The zero-order chi connectivity index (χ0) is 12.1. The molecule has 0 nitrogen and oxygen atoms in total. The van der Waals surface area contributed by atoms with E-state index in [2.05, 4.69) is 0 Å². The van der Waals surface area contributed by atoms with E-state index in [1.807, 2.05) is 72.4 Å². The molecule has 0 aliphatic rings. The lowest BCUT2D eigenvalue weighted by atomic mass is 10.2. The molecule has 0 aliphatic carbocycles. The molecule has 0 bridgehead atoms. The third-order valence-electron chi connectivity index (χ3n) is 2.44. The summed E-state index contributed by atoms with van der Waals surface area (Å²) < 4.78 is 0. The number of hydrogen-bond donors (Lipinski definition) is 0. The highest BCUT2D eigenvalue weighted by Crippen LogP contribution is 2.18. The lowest BCUT2D eigenvalue weighted by Crippen LogP contribution is -2.34. The fraction of sp³-hybridized carbons (Fsp3) is 0. The van der Waals surface area contributed by atoms with Crippen LogP contribution in [0.3, 0.4) is 0 Å². The van der Waals surface area contributed by atoms with Crippen LogP contribution in [0.2, 0.25) is 0 Å². The van der Waals surface area contributed by atoms with Crippen molar-refractivity contribution in [2.24, 2.45) is 0 Å². The van der Waals surface area contributed by atoms with Gasteiger partial charge in [-0.2, -0.15) is 0 Å². The predicted octanol–water partition coefficient (Wildman–Crippen LogP) is 4.07. The zero-order valence-electron chi connectivity index (χ0n) is 9.18. The van der Waals surface area contributed by atoms with Crippen molar-refractivity contribution in [3.63, 3.8) is 0 Å². The maximum atomic E-state index is 6.43. The summed E-state index contributed by atoms with van der Waals surface area (Å²) in [5.41, 5.74) is 3.04. The highest BCUT2D eigenvalue weighted by Gasteiger charge is 2.26. The summed E-state index contributed by atoms with van der Waals surface area (Å²) in [5.74, 6) is 0. The molecule has 0 aliphatic heterocycles. The van der Waals surface area contributed by atoms with Gasteiger partial charge >= 0.3 is 6.69 Å². The van der Waals surface area contributed by atoms with Crippen molar-refractivity contribution >= 4 is 40.1 Å². The highest BCUT2D eigenvalue weighted by atomic mass is 35.7. The second-order valence-corrected chi connectivity index (χ2v) is 10.0. The van der Waals surface area contributed by atoms with Crippen molar-refractivity contribution in [2.45, 2.75) is 0 Å². The van der Waals surface area contributed by atoms with Gasteiger partial charge in [0.15, 0.2) is 0 Å². The van der Waals surface area contributed by atoms with E-state index in [1.165, 1.54) is 0 Å². The molecule has 86 valence electrons. The van der Waals surface area contributed by atoms with Gasteiger partial charge < -0.3 is 0 Å². The van der Waals surface area contributed by atoms with Crippen LogP contribution in [0.15, 0.2) is 66.4 Å². The smallest absolute Gasteiger partial charge is 0.134 e. The Balaban J connectivity index is 2.21. The Bertz CT molecular complexity index is 492. The van der Waals surface area contributed by atoms with Crippen molar-refractivity contribution in [1.29, 1.82) is 0 Å². The second-order valence-electron chi connectivity index (χ2n) is 3.73. The van der Waals surface area contributed by atoms with Crippen molar-refractivity contribution in [3.8, 4) is 0 Å². The van der Waals surface area contributed by atoms with Crippen LogP contribution in [0.25, 0.3) is 6.08 Å². The van der Waals surface area contributed by atoms with Crippen molar-refractivity contribution in [2.75, 3.05) is 0 Å². The lowest BCUT2D eigenvalue weighted by Gasteiger charge is -2.11. The van der Waals surface area contributed by atoms with E-state index in [0.29, 0.717) is 0 Å². The number of benzene rings is 2. The van der Waals surface area contributed by atoms with Crippen LogP contribution < -0.4 is 5.19 Å². The van der Waals surface area contributed by atoms with Crippen molar-refractivity contribution in [3.05, 3.63) is 71.9 Å². The molecule has 0 radical (unpaired) electrons. The van der Waals surface area contributed by atoms with E-state index < -0.39 is 6.69 Å². The molecule has 2 aromatic rings. The molecule has 0 heterocycles. The largest absolute Gasteiger partial charge is 0.303 e. The monoisotopic (exact) mass is 278 g/mol. The maximum absolute atomic E-state index is 6.43. The van der Waals surface area contributed by atoms with E-state index in [1.54, 1.807) is 0 Å². The predicted molar refractivity (Wildman–Crippen MR) is 79.0 cm³/mol. The Morgan fingerprint density at radius 3 is 1.88 bits per heavy atom. The molecule has 0 N–H and O–H groups in total. The van der Waals surface area contributed by atoms with E-state index >= 15 is 0 Å². The standard InChI is InChI=1S/C14H12Cl2Si/c15-17(16,14-9-5-2-6-10-14)12-11-13-7-3-1-4-8-13/h1-12H. The Kier molecular flexibility index (Phi) is 4.05. The molecular weight excluding hydrogens is 267 g/mol. The minimum Gasteiger partial charge on any atom is -0.134 e. The maximum Gasteiger partial charge on any atom is 0.303 e. The highest BCUT2D eigenvalue weighted by molar-refractivity contribution is 7.53. The summed E-state index contributed by atoms with van der Waals surface area (Å²) >= 11 is 12.9. The minimum absolute atomic E-state index is 1.01. The first-order valence-electron chi connectivity index (χ1n) is 5.36. The summed E-state index contributed by atoms with van der Waals surface area (Å²) in [4.78, 5) is 0. The van der Waals surface area contributed by atoms with Gasteiger partial charge in [-0.25, -0.2) is 0 Å². The molecule has 0 atom stereocenters. The summed E-state index contributed by atoms with van der Waals surface area (Å²) in [6.45, 7) is -2.50. The van der Waals surface area contributed by atoms with E-state index in [4.69, 9.17) is 22.2 Å². The van der Waals surface area contributed by atoms with Crippen LogP contribution in [0.1, 0.15) is 5.56 Å². The third kappa shape index (κ3) is 3.47. The molecule has 17 heavy (non-hydrogen) atoms. The SMILES string of the molecule is Cl[Si](Cl)(C=Cc1ccccc1)c1ccccc1. The molecule has 2 rings (SSSR count). The Hall–Kier alpha value is -1.02. The van der Waals surface area contributed by atoms with Crippen molar-refractivity contribution in [1.82, 2.24) is 0 Å². The van der Waals surface area contributed by atoms with Gasteiger partial charge in [-0.15, -0.1) is 22.2 Å². The third-order valence-corrected chi connectivity index (χ3v) is 6.20. The molecule has 0 unspecified atom stereocenters. The summed E-state index contributed by atoms with van der Waals surface area (Å²) in [7, 11) is 0. The van der Waals surface area contributed by atoms with Gasteiger partial charge in [0.2, 0.25) is 0 Å². The average molecular weight is 279 g/mol. The Morgan fingerprint density at radius 1 is 0.765 bits per heavy atom. The van der Waals surface area contributed by atoms with E-state index in [0.717, 1.165) is 10.8 Å². The minimum atomic E-state index is -2.50. The lowest BCUT2D eigenvalue weighted by molar-refractivity contribution is 1.66. The average Bonchev–Trinajstić information content (AvgIpc) is 2.39. The van der Waals surface area contributed by atoms with Crippen LogP contribution in [0, 0.1) is 0 Å². The molecular formula is C14H12Cl2Si. The van der Waals surface area contributed by atoms with Gasteiger partial charge in [0, 0.05) is 0 Å². The van der Waals surface area contributed by atoms with Crippen LogP contribution in [0.4, 0.5) is 0 Å². The first kappa shape index (κ1) is 12.4. The van der Waals surface area contributed by atoms with Crippen LogP contribution in [0.5, 0.6) is 0 Å². The van der Waals surface area contributed by atoms with Crippen molar-refractivity contribution < 1.29 is 0 Å². The first-order valence-corrected chi connectivity index (χ1v) is 9.46. The summed E-state index contributed by atoms with van der Waals surface area (Å²) in [5, 5.41) is 1.01. The molecule has 0 saturated heterocycles. The van der Waals surface area contributed by atoms with Gasteiger partial charge in [-0.1, -0.05) is 72.4 Å². The first-order chi connectivity index (χ1) is 8.18. The summed E-state index contributed by atoms with van der Waals surface area (Å²) in [6.07, 6.45) is 1.99. The van der Waals surface area contributed by atoms with Crippen LogP contribution >= 0.6 is 22.2 Å². The quantitative estimate of drug-likeness (QED) is 0.587. The summed E-state index contributed by atoms with van der Waals surface area (Å²) in [6, 6.07) is 19.9. The fourth-order valence-electron chi connectivity index (χ4n) is 1.52. The number of hydrogen-bond acceptors (Lipinski definition) is 0. The molecule has 0 aromatic heterocycles. The molecule has 0 spiro atoms. The number of halogens is 2. The molecule has 3 heteroatoms. The molecule has 2 aromatic carbocycles. The van der Waals surface area contributed by atoms with E-state index in [-0.39, 0.29) is 0 Å². The van der Waals surface area contributed by atoms with Crippen LogP contribution in [-0.4, -0.2) is 6.69 Å². The number of rotatable bonds is 3. The van der Waals surface area contributed by atoms with Crippen LogP contribution in [-0.2, 0) is 0 Å². The van der Waals surface area contributed by atoms with Gasteiger partial charge in [-0.05, 0) is 10.8 Å². The normalized spacial score (nSPS) is 11.9. The topological polar surface area (TPSA) is 0 Å². The Morgan fingerprint density at radius 2 is 1.29 bits per heavy atom. The van der Waals surface area contributed by atoms with Gasteiger partial charge in [0.05, 0.1) is 0 Å².